The zero-order valence-electron chi connectivity index (χ0n) is 12.9. The average Bonchev–Trinajstić information content (AvgIpc) is 2.64. The maximum Gasteiger partial charge on any atom is 0.274 e. The summed E-state index contributed by atoms with van der Waals surface area (Å²) in [5, 5.41) is 5.44. The van der Waals surface area contributed by atoms with Crippen molar-refractivity contribution >= 4 is 17.5 Å². The molecule has 0 radical (unpaired) electrons. The molecule has 0 bridgehead atoms. The first-order valence-electron chi connectivity index (χ1n) is 7.34. The summed E-state index contributed by atoms with van der Waals surface area (Å²) in [7, 11) is 0. The van der Waals surface area contributed by atoms with Gasteiger partial charge in [0, 0.05) is 36.9 Å². The number of aromatic nitrogens is 3. The lowest BCUT2D eigenvalue weighted by Gasteiger charge is -2.07. The molecule has 25 heavy (non-hydrogen) atoms. The summed E-state index contributed by atoms with van der Waals surface area (Å²) >= 11 is 0. The van der Waals surface area contributed by atoms with E-state index in [1.165, 1.54) is 18.3 Å². The molecule has 2 N–H and O–H groups in total. The second-order valence-corrected chi connectivity index (χ2v) is 5.06. The number of anilines is 2. The van der Waals surface area contributed by atoms with E-state index in [9.17, 15) is 13.6 Å². The number of benzene rings is 1. The molecule has 3 aromatic rings. The van der Waals surface area contributed by atoms with Crippen LogP contribution in [0.1, 0.15) is 16.1 Å². The smallest absolute Gasteiger partial charge is 0.274 e. The minimum atomic E-state index is -1.04. The molecule has 0 unspecified atom stereocenters. The van der Waals surface area contributed by atoms with Gasteiger partial charge in [-0.1, -0.05) is 6.07 Å². The topological polar surface area (TPSA) is 79.8 Å². The summed E-state index contributed by atoms with van der Waals surface area (Å²) < 4.78 is 26.1. The first-order valence-corrected chi connectivity index (χ1v) is 7.34. The van der Waals surface area contributed by atoms with Gasteiger partial charge in [-0.3, -0.25) is 9.78 Å². The maximum absolute atomic E-state index is 13.2. The zero-order chi connectivity index (χ0) is 17.6. The maximum atomic E-state index is 13.2. The van der Waals surface area contributed by atoms with E-state index in [1.807, 2.05) is 12.1 Å². The molecule has 8 heteroatoms. The first kappa shape index (κ1) is 16.4. The molecule has 1 amide bonds. The molecule has 1 aromatic carbocycles. The third-order valence-electron chi connectivity index (χ3n) is 3.24. The fourth-order valence-corrected chi connectivity index (χ4v) is 2.02. The Labute approximate surface area is 142 Å². The number of nitrogens with zero attached hydrogens (tertiary/aromatic N) is 3. The van der Waals surface area contributed by atoms with Gasteiger partial charge in [0.05, 0.1) is 0 Å². The molecule has 0 saturated carbocycles. The summed E-state index contributed by atoms with van der Waals surface area (Å²) in [6.45, 7) is 0.447. The van der Waals surface area contributed by atoms with Crippen molar-refractivity contribution in [2.75, 3.05) is 10.6 Å². The quantitative estimate of drug-likeness (QED) is 0.746. The van der Waals surface area contributed by atoms with Gasteiger partial charge >= 0.3 is 0 Å². The highest BCUT2D eigenvalue weighted by molar-refractivity contribution is 6.02. The van der Waals surface area contributed by atoms with E-state index in [2.05, 4.69) is 25.6 Å². The van der Waals surface area contributed by atoms with Crippen LogP contribution in [0, 0.1) is 11.6 Å². The number of amides is 1. The van der Waals surface area contributed by atoms with Crippen molar-refractivity contribution in [1.29, 1.82) is 0 Å². The van der Waals surface area contributed by atoms with Crippen molar-refractivity contribution in [3.05, 3.63) is 77.9 Å². The molecular weight excluding hydrogens is 328 g/mol. The Balaban J connectivity index is 1.67. The number of rotatable bonds is 5. The van der Waals surface area contributed by atoms with Crippen LogP contribution in [0.25, 0.3) is 0 Å². The van der Waals surface area contributed by atoms with E-state index in [0.29, 0.717) is 6.54 Å². The van der Waals surface area contributed by atoms with Gasteiger partial charge < -0.3 is 10.6 Å². The third kappa shape index (κ3) is 4.31. The van der Waals surface area contributed by atoms with Gasteiger partial charge in [-0.05, 0) is 29.8 Å². The van der Waals surface area contributed by atoms with Gasteiger partial charge in [0.15, 0.2) is 11.6 Å². The van der Waals surface area contributed by atoms with E-state index in [1.54, 1.807) is 12.4 Å². The molecule has 2 heterocycles. The Morgan fingerprint density at radius 3 is 2.72 bits per heavy atom. The lowest BCUT2D eigenvalue weighted by molar-refractivity contribution is 0.102. The number of hydrogen-bond donors (Lipinski definition) is 2. The van der Waals surface area contributed by atoms with Crippen LogP contribution in [0.15, 0.2) is 55.0 Å². The van der Waals surface area contributed by atoms with Crippen LogP contribution >= 0.6 is 0 Å². The number of carbonyl (C=O) groups is 1. The summed E-state index contributed by atoms with van der Waals surface area (Å²) in [6, 6.07) is 8.22. The van der Waals surface area contributed by atoms with E-state index < -0.39 is 17.5 Å². The molecule has 3 rings (SSSR count). The largest absolute Gasteiger partial charge is 0.350 e. The van der Waals surface area contributed by atoms with E-state index in [-0.39, 0.29) is 17.3 Å². The fraction of sp³-hybridized carbons (Fsp3) is 0.0588. The number of nitrogens with one attached hydrogen (secondary N) is 2. The molecule has 0 fully saturated rings. The molecule has 0 atom stereocenters. The van der Waals surface area contributed by atoms with Crippen molar-refractivity contribution in [2.45, 2.75) is 6.54 Å². The van der Waals surface area contributed by atoms with Crippen LogP contribution in [0.4, 0.5) is 20.4 Å². The predicted molar refractivity (Wildman–Crippen MR) is 87.9 cm³/mol. The predicted octanol–water partition coefficient (Wildman–Crippen LogP) is 3.01. The van der Waals surface area contributed by atoms with Gasteiger partial charge in [-0.2, -0.15) is 0 Å². The van der Waals surface area contributed by atoms with Crippen LogP contribution in [-0.2, 0) is 6.54 Å². The molecule has 0 aliphatic heterocycles. The summed E-state index contributed by atoms with van der Waals surface area (Å²) in [5.41, 5.74) is 1.16. The normalized spacial score (nSPS) is 10.3. The van der Waals surface area contributed by atoms with Gasteiger partial charge in [0.1, 0.15) is 5.69 Å². The van der Waals surface area contributed by atoms with Gasteiger partial charge in [-0.15, -0.1) is 0 Å². The number of carbonyl (C=O) groups excluding carboxylic acids is 1. The Kier molecular flexibility index (Phi) is 4.89. The summed E-state index contributed by atoms with van der Waals surface area (Å²) in [5.74, 6) is -2.32. The molecular formula is C17H13F2N5O. The Morgan fingerprint density at radius 2 is 1.96 bits per heavy atom. The van der Waals surface area contributed by atoms with Crippen LogP contribution in [0.5, 0.6) is 0 Å². The van der Waals surface area contributed by atoms with Gasteiger partial charge in [0.2, 0.25) is 5.95 Å². The van der Waals surface area contributed by atoms with E-state index >= 15 is 0 Å². The number of pyridine rings is 1. The summed E-state index contributed by atoms with van der Waals surface area (Å²) in [4.78, 5) is 24.3. The van der Waals surface area contributed by atoms with Gasteiger partial charge in [-0.25, -0.2) is 18.7 Å². The summed E-state index contributed by atoms with van der Waals surface area (Å²) in [6.07, 6.45) is 4.80. The van der Waals surface area contributed by atoms with Crippen LogP contribution in [0.3, 0.4) is 0 Å². The second-order valence-electron chi connectivity index (χ2n) is 5.06. The Bertz CT molecular complexity index is 889. The third-order valence-corrected chi connectivity index (χ3v) is 3.24. The van der Waals surface area contributed by atoms with Crippen molar-refractivity contribution in [2.24, 2.45) is 0 Å². The first-order chi connectivity index (χ1) is 12.1. The number of hydrogen-bond acceptors (Lipinski definition) is 5. The molecule has 0 aliphatic carbocycles. The molecule has 2 aromatic heterocycles. The highest BCUT2D eigenvalue weighted by Crippen LogP contribution is 2.14. The van der Waals surface area contributed by atoms with E-state index in [0.717, 1.165) is 17.7 Å². The van der Waals surface area contributed by atoms with E-state index in [4.69, 9.17) is 0 Å². The van der Waals surface area contributed by atoms with Crippen molar-refractivity contribution in [3.8, 4) is 0 Å². The van der Waals surface area contributed by atoms with Crippen LogP contribution in [0.2, 0.25) is 0 Å². The lowest BCUT2D eigenvalue weighted by atomic mass is 10.3. The molecule has 0 spiro atoms. The number of halogens is 2. The minimum Gasteiger partial charge on any atom is -0.350 e. The van der Waals surface area contributed by atoms with Gasteiger partial charge in [0.25, 0.3) is 5.91 Å². The highest BCUT2D eigenvalue weighted by Gasteiger charge is 2.11. The molecule has 0 saturated heterocycles. The van der Waals surface area contributed by atoms with Crippen molar-refractivity contribution in [3.63, 3.8) is 0 Å². The monoisotopic (exact) mass is 341 g/mol. The van der Waals surface area contributed by atoms with Crippen molar-refractivity contribution < 1.29 is 13.6 Å². The van der Waals surface area contributed by atoms with Crippen LogP contribution < -0.4 is 10.6 Å². The van der Waals surface area contributed by atoms with Crippen LogP contribution in [-0.4, -0.2) is 20.9 Å². The Morgan fingerprint density at radius 1 is 1.08 bits per heavy atom. The molecule has 0 aliphatic rings. The SMILES string of the molecule is O=C(Nc1ccc(F)c(F)c1)c1ccnc(NCc2cccnc2)n1. The van der Waals surface area contributed by atoms with Crippen molar-refractivity contribution in [1.82, 2.24) is 15.0 Å². The average molecular weight is 341 g/mol. The lowest BCUT2D eigenvalue weighted by Crippen LogP contribution is -2.15. The highest BCUT2D eigenvalue weighted by atomic mass is 19.2. The standard InChI is InChI=1S/C17H13F2N5O/c18-13-4-3-12(8-14(13)19)23-16(25)15-5-7-21-17(24-15)22-10-11-2-1-6-20-9-11/h1-9H,10H2,(H,23,25)(H,21,22,24). The molecule has 6 nitrogen and oxygen atoms in total. The second kappa shape index (κ2) is 7.43. The molecule has 126 valence electrons. The minimum absolute atomic E-state index is 0.0911. The zero-order valence-corrected chi connectivity index (χ0v) is 12.9. The fourth-order valence-electron chi connectivity index (χ4n) is 2.02. The Hall–Kier alpha value is -3.42.